The molecule has 0 aliphatic rings. The summed E-state index contributed by atoms with van der Waals surface area (Å²) in [6.45, 7) is 1.56. The van der Waals surface area contributed by atoms with Crippen LogP contribution in [0.2, 0.25) is 5.02 Å². The van der Waals surface area contributed by atoms with E-state index in [4.69, 9.17) is 16.0 Å². The highest BCUT2D eigenvalue weighted by atomic mass is 35.5. The highest BCUT2D eigenvalue weighted by Crippen LogP contribution is 2.21. The van der Waals surface area contributed by atoms with Gasteiger partial charge < -0.3 is 14.8 Å². The first kappa shape index (κ1) is 16.3. The Bertz CT molecular complexity index is 843. The molecule has 0 aliphatic heterocycles. The zero-order valence-corrected chi connectivity index (χ0v) is 13.7. The number of benzene rings is 1. The summed E-state index contributed by atoms with van der Waals surface area (Å²) in [5, 5.41) is 17.0. The summed E-state index contributed by atoms with van der Waals surface area (Å²) in [6, 6.07) is 11.7. The van der Waals surface area contributed by atoms with E-state index in [2.05, 4.69) is 10.4 Å². The van der Waals surface area contributed by atoms with E-state index in [1.807, 2.05) is 25.1 Å². The molecule has 0 radical (unpaired) electrons. The van der Waals surface area contributed by atoms with Crippen LogP contribution in [-0.4, -0.2) is 27.4 Å². The molecule has 2 heterocycles. The van der Waals surface area contributed by atoms with Gasteiger partial charge in [-0.25, -0.2) is 4.68 Å². The van der Waals surface area contributed by atoms with Gasteiger partial charge in [-0.15, -0.1) is 0 Å². The third-order valence-electron chi connectivity index (χ3n) is 3.58. The number of hydrogen-bond acceptors (Lipinski definition) is 4. The van der Waals surface area contributed by atoms with Gasteiger partial charge >= 0.3 is 0 Å². The lowest BCUT2D eigenvalue weighted by Crippen LogP contribution is -2.30. The first-order valence-electron chi connectivity index (χ1n) is 7.37. The fourth-order valence-electron chi connectivity index (χ4n) is 2.38. The van der Waals surface area contributed by atoms with Crippen LogP contribution in [0.25, 0.3) is 5.69 Å². The molecule has 1 aromatic carbocycles. The number of carbonyl (C=O) groups is 1. The summed E-state index contributed by atoms with van der Waals surface area (Å²) < 4.78 is 6.83. The fraction of sp³-hybridized carbons (Fsp3) is 0.176. The van der Waals surface area contributed by atoms with E-state index in [1.165, 1.54) is 6.26 Å². The molecule has 24 heavy (non-hydrogen) atoms. The van der Waals surface area contributed by atoms with Gasteiger partial charge in [-0.2, -0.15) is 5.10 Å². The van der Waals surface area contributed by atoms with Crippen molar-refractivity contribution in [3.63, 3.8) is 0 Å². The number of rotatable bonds is 5. The number of furan rings is 1. The molecule has 0 saturated heterocycles. The minimum absolute atomic E-state index is 0.234. The maximum atomic E-state index is 12.4. The molecule has 3 rings (SSSR count). The molecule has 0 spiro atoms. The number of aliphatic hydroxyl groups is 1. The molecule has 2 aromatic heterocycles. The van der Waals surface area contributed by atoms with Crippen molar-refractivity contribution in [1.82, 2.24) is 15.1 Å². The van der Waals surface area contributed by atoms with Crippen molar-refractivity contribution >= 4 is 17.5 Å². The average molecular weight is 346 g/mol. The molecule has 124 valence electrons. The summed E-state index contributed by atoms with van der Waals surface area (Å²) in [6.07, 6.45) is 1.49. The van der Waals surface area contributed by atoms with Gasteiger partial charge in [0.05, 0.1) is 23.6 Å². The van der Waals surface area contributed by atoms with E-state index >= 15 is 0 Å². The van der Waals surface area contributed by atoms with Crippen molar-refractivity contribution in [2.24, 2.45) is 0 Å². The zero-order valence-electron chi connectivity index (χ0n) is 12.9. The molecule has 6 nitrogen and oxygen atoms in total. The molecule has 0 aliphatic carbocycles. The highest BCUT2D eigenvalue weighted by Gasteiger charge is 2.20. The standard InChI is InChI=1S/C17H16ClN3O3/c1-11-9-13(20-21(11)15-6-3-2-5-12(15)18)17(23)19-14(10-22)16-7-4-8-24-16/h2-9,14,22H,10H2,1H3,(H,19,23)/t14-/m1/s1. The van der Waals surface area contributed by atoms with Gasteiger partial charge in [0.15, 0.2) is 5.69 Å². The second-order valence-corrected chi connectivity index (χ2v) is 5.67. The van der Waals surface area contributed by atoms with Crippen molar-refractivity contribution in [2.75, 3.05) is 6.61 Å². The molecular formula is C17H16ClN3O3. The topological polar surface area (TPSA) is 80.3 Å². The molecule has 1 atom stereocenters. The Labute approximate surface area is 143 Å². The van der Waals surface area contributed by atoms with Crippen LogP contribution in [0.1, 0.15) is 28.0 Å². The van der Waals surface area contributed by atoms with Crippen LogP contribution in [0.4, 0.5) is 0 Å². The summed E-state index contributed by atoms with van der Waals surface area (Å²) >= 11 is 6.19. The number of aliphatic hydroxyl groups excluding tert-OH is 1. The van der Waals surface area contributed by atoms with E-state index in [1.54, 1.807) is 28.9 Å². The van der Waals surface area contributed by atoms with Gasteiger partial charge in [0.1, 0.15) is 11.8 Å². The van der Waals surface area contributed by atoms with E-state index in [0.717, 1.165) is 5.69 Å². The Kier molecular flexibility index (Phi) is 4.69. The van der Waals surface area contributed by atoms with Gasteiger partial charge in [-0.05, 0) is 37.3 Å². The van der Waals surface area contributed by atoms with Crippen LogP contribution in [0.5, 0.6) is 0 Å². The van der Waals surface area contributed by atoms with E-state index in [0.29, 0.717) is 16.5 Å². The molecule has 2 N–H and O–H groups in total. The molecule has 3 aromatic rings. The number of para-hydroxylation sites is 1. The lowest BCUT2D eigenvalue weighted by Gasteiger charge is -2.12. The summed E-state index contributed by atoms with van der Waals surface area (Å²) in [7, 11) is 0. The first-order valence-corrected chi connectivity index (χ1v) is 7.74. The maximum absolute atomic E-state index is 12.4. The van der Waals surface area contributed by atoms with Crippen molar-refractivity contribution < 1.29 is 14.3 Å². The minimum atomic E-state index is -0.627. The zero-order chi connectivity index (χ0) is 17.1. The van der Waals surface area contributed by atoms with Crippen LogP contribution < -0.4 is 5.32 Å². The Morgan fingerprint density at radius 1 is 1.38 bits per heavy atom. The monoisotopic (exact) mass is 345 g/mol. The molecule has 7 heteroatoms. The van der Waals surface area contributed by atoms with Crippen molar-refractivity contribution in [1.29, 1.82) is 0 Å². The van der Waals surface area contributed by atoms with Crippen molar-refractivity contribution in [3.8, 4) is 5.69 Å². The molecular weight excluding hydrogens is 330 g/mol. The van der Waals surface area contributed by atoms with Crippen LogP contribution in [-0.2, 0) is 0 Å². The lowest BCUT2D eigenvalue weighted by molar-refractivity contribution is 0.0902. The predicted octanol–water partition coefficient (Wildman–Crippen LogP) is 2.89. The van der Waals surface area contributed by atoms with Crippen molar-refractivity contribution in [2.45, 2.75) is 13.0 Å². The minimum Gasteiger partial charge on any atom is -0.467 e. The SMILES string of the molecule is Cc1cc(C(=O)N[C@H](CO)c2ccco2)nn1-c1ccccc1Cl. The van der Waals surface area contributed by atoms with Crippen LogP contribution >= 0.6 is 11.6 Å². The Hall–Kier alpha value is -2.57. The van der Waals surface area contributed by atoms with E-state index in [9.17, 15) is 9.90 Å². The first-order chi connectivity index (χ1) is 11.6. The Balaban J connectivity index is 1.84. The van der Waals surface area contributed by atoms with E-state index in [-0.39, 0.29) is 12.3 Å². The van der Waals surface area contributed by atoms with Crippen LogP contribution in [0, 0.1) is 6.92 Å². The van der Waals surface area contributed by atoms with Crippen LogP contribution in [0.3, 0.4) is 0 Å². The number of carbonyl (C=O) groups excluding carboxylic acids is 1. The normalized spacial score (nSPS) is 12.1. The van der Waals surface area contributed by atoms with Gasteiger partial charge in [0.25, 0.3) is 5.91 Å². The number of nitrogens with one attached hydrogen (secondary N) is 1. The van der Waals surface area contributed by atoms with Gasteiger partial charge in [0, 0.05) is 5.69 Å². The van der Waals surface area contributed by atoms with Crippen molar-refractivity contribution in [3.05, 3.63) is 70.9 Å². The van der Waals surface area contributed by atoms with Gasteiger partial charge in [-0.1, -0.05) is 23.7 Å². The third-order valence-corrected chi connectivity index (χ3v) is 3.89. The van der Waals surface area contributed by atoms with Crippen LogP contribution in [0.15, 0.2) is 53.1 Å². The number of nitrogens with zero attached hydrogens (tertiary/aromatic N) is 2. The number of aromatic nitrogens is 2. The van der Waals surface area contributed by atoms with Gasteiger partial charge in [0.2, 0.25) is 0 Å². The smallest absolute Gasteiger partial charge is 0.272 e. The highest BCUT2D eigenvalue weighted by molar-refractivity contribution is 6.32. The molecule has 0 saturated carbocycles. The largest absolute Gasteiger partial charge is 0.467 e. The number of aryl methyl sites for hydroxylation is 1. The number of hydrogen-bond donors (Lipinski definition) is 2. The molecule has 1 amide bonds. The predicted molar refractivity (Wildman–Crippen MR) is 89.3 cm³/mol. The second-order valence-electron chi connectivity index (χ2n) is 5.26. The molecule has 0 fully saturated rings. The number of amides is 1. The quantitative estimate of drug-likeness (QED) is 0.745. The lowest BCUT2D eigenvalue weighted by atomic mass is 10.2. The molecule has 0 unspecified atom stereocenters. The Morgan fingerprint density at radius 2 is 2.17 bits per heavy atom. The fourth-order valence-corrected chi connectivity index (χ4v) is 2.60. The summed E-state index contributed by atoms with van der Waals surface area (Å²) in [5.74, 6) is 0.0764. The second kappa shape index (κ2) is 6.90. The maximum Gasteiger partial charge on any atom is 0.272 e. The Morgan fingerprint density at radius 3 is 2.83 bits per heavy atom. The van der Waals surface area contributed by atoms with E-state index < -0.39 is 11.9 Å². The number of halogens is 1. The average Bonchev–Trinajstić information content (AvgIpc) is 3.23. The third kappa shape index (κ3) is 3.20. The summed E-state index contributed by atoms with van der Waals surface area (Å²) in [4.78, 5) is 12.4. The van der Waals surface area contributed by atoms with Gasteiger partial charge in [-0.3, -0.25) is 4.79 Å². The summed E-state index contributed by atoms with van der Waals surface area (Å²) in [5.41, 5.74) is 1.70. The molecule has 0 bridgehead atoms.